The number of esters is 1. The molecular formula is C23H29F2N2O8PS. The number of aliphatic hydroxyl groups excluding tert-OH is 1. The number of halogens is 2. The summed E-state index contributed by atoms with van der Waals surface area (Å²) in [5.41, 5.74) is -3.90. The fraction of sp³-hybridized carbons (Fsp3) is 0.522. The second kappa shape index (κ2) is 12.0. The van der Waals surface area contributed by atoms with Crippen molar-refractivity contribution in [2.75, 3.05) is 19.4 Å². The van der Waals surface area contributed by atoms with Gasteiger partial charge in [-0.05, 0) is 32.0 Å². The third-order valence-corrected chi connectivity index (χ3v) is 7.81. The zero-order chi connectivity index (χ0) is 27.4. The molecule has 1 aliphatic rings. The third kappa shape index (κ3) is 6.91. The van der Waals surface area contributed by atoms with Gasteiger partial charge in [0.1, 0.15) is 29.3 Å². The van der Waals surface area contributed by atoms with E-state index < -0.39 is 74.8 Å². The summed E-state index contributed by atoms with van der Waals surface area (Å²) in [5, 5.41) is 10.6. The van der Waals surface area contributed by atoms with Gasteiger partial charge in [-0.2, -0.15) is 0 Å². The highest BCUT2D eigenvalue weighted by molar-refractivity contribution is 7.71. The predicted octanol–water partition coefficient (Wildman–Crippen LogP) is 3.72. The van der Waals surface area contributed by atoms with Crippen molar-refractivity contribution in [1.29, 1.82) is 0 Å². The summed E-state index contributed by atoms with van der Waals surface area (Å²) >= 11 is 4.85. The molecule has 0 bridgehead atoms. The lowest BCUT2D eigenvalue weighted by Crippen LogP contribution is -2.47. The third-order valence-electron chi connectivity index (χ3n) is 5.54. The highest BCUT2D eigenvalue weighted by Gasteiger charge is 2.59. The van der Waals surface area contributed by atoms with Crippen LogP contribution < -0.4 is 10.2 Å². The zero-order valence-corrected chi connectivity index (χ0v) is 22.1. The minimum atomic E-state index is -4.13. The molecule has 204 valence electrons. The summed E-state index contributed by atoms with van der Waals surface area (Å²) in [5.74, 6) is -1.36. The number of ether oxygens (including phenoxy) is 2. The molecule has 2 aromatic rings. The molecule has 3 rings (SSSR count). The van der Waals surface area contributed by atoms with E-state index in [0.717, 1.165) is 10.8 Å². The van der Waals surface area contributed by atoms with E-state index in [1.165, 1.54) is 25.1 Å². The molecule has 14 heteroatoms. The molecule has 10 nitrogen and oxygen atoms in total. The summed E-state index contributed by atoms with van der Waals surface area (Å²) in [6.45, 7) is 2.42. The van der Waals surface area contributed by atoms with Crippen LogP contribution in [0.4, 0.5) is 8.78 Å². The number of hydrogen-bond acceptors (Lipinski definition) is 9. The molecule has 1 fully saturated rings. The number of carbonyl (C=O) groups excluding carboxylic acids is 1. The monoisotopic (exact) mass is 562 g/mol. The van der Waals surface area contributed by atoms with Gasteiger partial charge in [0.05, 0.1) is 24.8 Å². The van der Waals surface area contributed by atoms with Crippen molar-refractivity contribution in [2.45, 2.75) is 51.0 Å². The van der Waals surface area contributed by atoms with E-state index in [1.807, 2.05) is 0 Å². The number of aromatic nitrogens is 2. The molecule has 2 N–H and O–H groups in total. The number of hydrogen-bond donors (Lipinski definition) is 2. The predicted molar refractivity (Wildman–Crippen MR) is 132 cm³/mol. The van der Waals surface area contributed by atoms with Gasteiger partial charge in [0, 0.05) is 6.20 Å². The van der Waals surface area contributed by atoms with Crippen LogP contribution in [-0.4, -0.2) is 64.1 Å². The van der Waals surface area contributed by atoms with Gasteiger partial charge in [0.15, 0.2) is 6.23 Å². The molecule has 1 aromatic heterocycles. The number of aliphatic hydroxyl groups is 1. The number of H-pyrrole nitrogens is 1. The highest BCUT2D eigenvalue weighted by atomic mass is 32.1. The van der Waals surface area contributed by atoms with Crippen LogP contribution >= 0.6 is 19.8 Å². The Morgan fingerprint density at radius 2 is 1.97 bits per heavy atom. The molecule has 1 aromatic carbocycles. The molecule has 0 spiro atoms. The fourth-order valence-electron chi connectivity index (χ4n) is 3.70. The van der Waals surface area contributed by atoms with E-state index in [2.05, 4.69) is 4.98 Å². The van der Waals surface area contributed by atoms with Crippen molar-refractivity contribution in [3.63, 3.8) is 0 Å². The Morgan fingerprint density at radius 3 is 2.57 bits per heavy atom. The molecule has 1 aliphatic heterocycles. The topological polar surface area (TPSA) is 129 Å². The van der Waals surface area contributed by atoms with Gasteiger partial charge in [-0.3, -0.25) is 18.9 Å². The molecule has 6 atom stereocenters. The van der Waals surface area contributed by atoms with E-state index in [0.29, 0.717) is 0 Å². The Hall–Kier alpha value is -2.44. The number of nitrogens with zero attached hydrogens (tertiary/aromatic N) is 1. The minimum Gasteiger partial charge on any atom is -0.463 e. The van der Waals surface area contributed by atoms with Crippen LogP contribution in [0, 0.1) is 10.6 Å². The number of para-hydroxylation sites is 1. The van der Waals surface area contributed by atoms with Gasteiger partial charge in [-0.15, -0.1) is 0 Å². The average molecular weight is 563 g/mol. The van der Waals surface area contributed by atoms with Crippen LogP contribution in [0.3, 0.4) is 0 Å². The molecule has 1 saturated heterocycles. The van der Waals surface area contributed by atoms with Gasteiger partial charge in [-0.25, -0.2) is 18.1 Å². The van der Waals surface area contributed by atoms with Crippen molar-refractivity contribution >= 4 is 25.8 Å². The first-order chi connectivity index (χ1) is 17.4. The molecule has 0 amide bonds. The smallest absolute Gasteiger partial charge is 0.380 e. The second-order valence-corrected chi connectivity index (χ2v) is 11.4. The lowest BCUT2D eigenvalue weighted by Gasteiger charge is -2.26. The number of benzene rings is 1. The van der Waals surface area contributed by atoms with Crippen LogP contribution in [-0.2, 0) is 23.4 Å². The van der Waals surface area contributed by atoms with Crippen LogP contribution in [0.1, 0.15) is 27.0 Å². The quantitative estimate of drug-likeness (QED) is 0.239. The first kappa shape index (κ1) is 29.1. The molecule has 0 radical (unpaired) electrons. The van der Waals surface area contributed by atoms with Crippen molar-refractivity contribution in [1.82, 2.24) is 9.55 Å². The van der Waals surface area contributed by atoms with E-state index in [1.54, 1.807) is 32.0 Å². The Balaban J connectivity index is 1.83. The largest absolute Gasteiger partial charge is 0.463 e. The highest BCUT2D eigenvalue weighted by Crippen LogP contribution is 2.51. The number of carbonyl (C=O) groups is 1. The SMILES string of the molecule is CC(C)OC(=O)[C@H](C)CP(=O)(OC[C@H]1O[C@@H](n2ccc(=S)[nH]c2=O)C(F)(CF)[C@H]1O)Oc1ccccc1. The van der Waals surface area contributed by atoms with Crippen LogP contribution in [0.5, 0.6) is 5.75 Å². The number of nitrogens with one attached hydrogen (secondary N) is 1. The lowest BCUT2D eigenvalue weighted by atomic mass is 9.97. The Morgan fingerprint density at radius 1 is 1.30 bits per heavy atom. The van der Waals surface area contributed by atoms with Crippen LogP contribution in [0.2, 0.25) is 0 Å². The second-order valence-electron chi connectivity index (χ2n) is 8.93. The van der Waals surface area contributed by atoms with Crippen LogP contribution in [0.15, 0.2) is 47.4 Å². The molecule has 0 aliphatic carbocycles. The van der Waals surface area contributed by atoms with Crippen molar-refractivity contribution in [2.24, 2.45) is 5.92 Å². The van der Waals surface area contributed by atoms with Gasteiger partial charge in [0.25, 0.3) is 0 Å². The summed E-state index contributed by atoms with van der Waals surface area (Å²) in [6.07, 6.45) is -5.19. The fourth-order valence-corrected chi connectivity index (χ4v) is 5.71. The van der Waals surface area contributed by atoms with E-state index >= 15 is 4.39 Å². The van der Waals surface area contributed by atoms with Gasteiger partial charge in [0.2, 0.25) is 5.67 Å². The molecule has 2 heterocycles. The Kier molecular flexibility index (Phi) is 9.41. The summed E-state index contributed by atoms with van der Waals surface area (Å²) in [7, 11) is -4.13. The van der Waals surface area contributed by atoms with Crippen LogP contribution in [0.25, 0.3) is 0 Å². The van der Waals surface area contributed by atoms with E-state index in [9.17, 15) is 23.7 Å². The summed E-state index contributed by atoms with van der Waals surface area (Å²) < 4.78 is 65.6. The molecular weight excluding hydrogens is 533 g/mol. The van der Waals surface area contributed by atoms with Gasteiger partial charge in [-0.1, -0.05) is 37.3 Å². The maximum absolute atomic E-state index is 15.6. The van der Waals surface area contributed by atoms with E-state index in [-0.39, 0.29) is 10.4 Å². The average Bonchev–Trinajstić information content (AvgIpc) is 3.08. The van der Waals surface area contributed by atoms with E-state index in [4.69, 9.17) is 30.7 Å². The maximum Gasteiger partial charge on any atom is 0.380 e. The standard InChI is InChI=1S/C23H29F2N2O8PS/c1-14(2)33-20(29)15(3)12-36(31,35-16-7-5-4-6-8-16)32-11-17-19(28)23(25,13-24)21(34-17)27-10-9-18(37)26-22(27)30/h4-10,14-15,17,19,21,28H,11-13H2,1-3H3,(H,26,30,37)/t15-,17-,19+,21-,23?,36?/m1/s1. The Labute approximate surface area is 217 Å². The van der Waals surface area contributed by atoms with Gasteiger partial charge < -0.3 is 19.1 Å². The molecule has 37 heavy (non-hydrogen) atoms. The summed E-state index contributed by atoms with van der Waals surface area (Å²) in [4.78, 5) is 26.9. The normalized spacial score (nSPS) is 26.0. The number of rotatable bonds is 11. The number of aromatic amines is 1. The number of alkyl halides is 2. The maximum atomic E-state index is 15.6. The Bertz CT molecular complexity index is 1240. The first-order valence-corrected chi connectivity index (χ1v) is 13.6. The lowest BCUT2D eigenvalue weighted by molar-refractivity contribution is -0.151. The molecule has 0 saturated carbocycles. The van der Waals surface area contributed by atoms with Crippen molar-refractivity contribution in [3.8, 4) is 5.75 Å². The molecule has 2 unspecified atom stereocenters. The van der Waals surface area contributed by atoms with Crippen molar-refractivity contribution in [3.05, 3.63) is 57.7 Å². The van der Waals surface area contributed by atoms with Crippen molar-refractivity contribution < 1.29 is 41.8 Å². The first-order valence-electron chi connectivity index (χ1n) is 11.5. The minimum absolute atomic E-state index is 0.0634. The van der Waals surface area contributed by atoms with Gasteiger partial charge >= 0.3 is 19.3 Å². The zero-order valence-electron chi connectivity index (χ0n) is 20.4. The summed E-state index contributed by atoms with van der Waals surface area (Å²) in [6, 6.07) is 9.28.